The topological polar surface area (TPSA) is 101 Å². The Bertz CT molecular complexity index is 1480. The summed E-state index contributed by atoms with van der Waals surface area (Å²) in [6.45, 7) is 2.58. The number of aryl methyl sites for hydroxylation is 3. The number of para-hydroxylation sites is 2. The highest BCUT2D eigenvalue weighted by Crippen LogP contribution is 2.32. The molecule has 1 amide bonds. The van der Waals surface area contributed by atoms with Gasteiger partial charge in [-0.05, 0) is 68.9 Å². The SMILES string of the molecule is Cc1ccc(C(=O)c2nc3ccccc3n2CCCc2cccc(C(=O)NC3(C(=O)O)CCC3)c2)cc1. The van der Waals surface area contributed by atoms with E-state index in [0.717, 1.165) is 35.0 Å². The fourth-order valence-electron chi connectivity index (χ4n) is 4.83. The third-order valence-electron chi connectivity index (χ3n) is 7.18. The summed E-state index contributed by atoms with van der Waals surface area (Å²) in [5, 5.41) is 12.2. The molecule has 0 radical (unpaired) electrons. The summed E-state index contributed by atoms with van der Waals surface area (Å²) in [4.78, 5) is 42.4. The second-order valence-corrected chi connectivity index (χ2v) is 9.77. The second kappa shape index (κ2) is 10.0. The van der Waals surface area contributed by atoms with E-state index >= 15 is 0 Å². The van der Waals surface area contributed by atoms with E-state index < -0.39 is 11.5 Å². The highest BCUT2D eigenvalue weighted by atomic mass is 16.4. The van der Waals surface area contributed by atoms with Crippen molar-refractivity contribution in [2.24, 2.45) is 0 Å². The number of carbonyl (C=O) groups is 3. The Balaban J connectivity index is 1.32. The molecule has 2 N–H and O–H groups in total. The van der Waals surface area contributed by atoms with Gasteiger partial charge in [-0.2, -0.15) is 0 Å². The molecule has 3 aromatic carbocycles. The van der Waals surface area contributed by atoms with Gasteiger partial charge in [0.15, 0.2) is 5.82 Å². The molecule has 37 heavy (non-hydrogen) atoms. The van der Waals surface area contributed by atoms with Gasteiger partial charge in [-0.15, -0.1) is 0 Å². The van der Waals surface area contributed by atoms with E-state index in [2.05, 4.69) is 10.3 Å². The van der Waals surface area contributed by atoms with Crippen molar-refractivity contribution < 1.29 is 19.5 Å². The number of imidazole rings is 1. The predicted octanol–water partition coefficient (Wildman–Crippen LogP) is 4.95. The van der Waals surface area contributed by atoms with E-state index in [1.807, 2.05) is 78.2 Å². The van der Waals surface area contributed by atoms with Gasteiger partial charge in [0, 0.05) is 17.7 Å². The molecule has 0 saturated heterocycles. The maximum Gasteiger partial charge on any atom is 0.329 e. The number of aliphatic carboxylic acids is 1. The van der Waals surface area contributed by atoms with E-state index in [9.17, 15) is 19.5 Å². The molecular weight excluding hydrogens is 466 g/mol. The fourth-order valence-corrected chi connectivity index (χ4v) is 4.83. The molecule has 5 rings (SSSR count). The first-order valence-corrected chi connectivity index (χ1v) is 12.6. The lowest BCUT2D eigenvalue weighted by molar-refractivity contribution is -0.148. The number of carboxylic acid groups (broad SMARTS) is 1. The monoisotopic (exact) mass is 495 g/mol. The molecule has 0 aliphatic heterocycles. The summed E-state index contributed by atoms with van der Waals surface area (Å²) in [7, 11) is 0. The van der Waals surface area contributed by atoms with E-state index in [1.165, 1.54) is 0 Å². The van der Waals surface area contributed by atoms with Crippen LogP contribution in [-0.2, 0) is 17.8 Å². The smallest absolute Gasteiger partial charge is 0.329 e. The second-order valence-electron chi connectivity index (χ2n) is 9.77. The summed E-state index contributed by atoms with van der Waals surface area (Å²) in [5.74, 6) is -1.04. The van der Waals surface area contributed by atoms with Gasteiger partial charge in [0.2, 0.25) is 5.78 Å². The van der Waals surface area contributed by atoms with Gasteiger partial charge in [0.1, 0.15) is 5.54 Å². The zero-order valence-electron chi connectivity index (χ0n) is 20.7. The van der Waals surface area contributed by atoms with Crippen molar-refractivity contribution in [3.8, 4) is 0 Å². The Morgan fingerprint density at radius 3 is 2.43 bits per heavy atom. The van der Waals surface area contributed by atoms with E-state index in [4.69, 9.17) is 0 Å². The first-order chi connectivity index (χ1) is 17.9. The molecular formula is C30H29N3O4. The Labute approximate surface area is 215 Å². The minimum absolute atomic E-state index is 0.113. The maximum absolute atomic E-state index is 13.3. The minimum Gasteiger partial charge on any atom is -0.480 e. The zero-order chi connectivity index (χ0) is 26.0. The lowest BCUT2D eigenvalue weighted by Gasteiger charge is -2.38. The zero-order valence-corrected chi connectivity index (χ0v) is 20.7. The van der Waals surface area contributed by atoms with Crippen LogP contribution in [0, 0.1) is 6.92 Å². The first-order valence-electron chi connectivity index (χ1n) is 12.6. The van der Waals surface area contributed by atoms with E-state index in [0.29, 0.717) is 42.8 Å². The lowest BCUT2D eigenvalue weighted by Crippen LogP contribution is -2.59. The minimum atomic E-state index is -1.14. The van der Waals surface area contributed by atoms with Crippen LogP contribution in [0.3, 0.4) is 0 Å². The fraction of sp³-hybridized carbons (Fsp3) is 0.267. The van der Waals surface area contributed by atoms with Crippen LogP contribution in [0.15, 0.2) is 72.8 Å². The van der Waals surface area contributed by atoms with Gasteiger partial charge >= 0.3 is 5.97 Å². The molecule has 0 bridgehead atoms. The van der Waals surface area contributed by atoms with Crippen LogP contribution >= 0.6 is 0 Å². The van der Waals surface area contributed by atoms with Crippen LogP contribution in [0.2, 0.25) is 0 Å². The van der Waals surface area contributed by atoms with Crippen molar-refractivity contribution in [2.45, 2.75) is 51.1 Å². The van der Waals surface area contributed by atoms with Crippen LogP contribution in [0.5, 0.6) is 0 Å². The van der Waals surface area contributed by atoms with E-state index in [-0.39, 0.29) is 11.7 Å². The molecule has 0 atom stereocenters. The Morgan fingerprint density at radius 2 is 1.73 bits per heavy atom. The number of benzene rings is 3. The highest BCUT2D eigenvalue weighted by molar-refractivity contribution is 6.08. The molecule has 1 aromatic heterocycles. The molecule has 7 heteroatoms. The number of amides is 1. The van der Waals surface area contributed by atoms with Gasteiger partial charge < -0.3 is 15.0 Å². The number of fused-ring (bicyclic) bond motifs is 1. The molecule has 1 heterocycles. The lowest BCUT2D eigenvalue weighted by atomic mass is 9.76. The van der Waals surface area contributed by atoms with Crippen LogP contribution in [0.1, 0.15) is 63.4 Å². The number of hydrogen-bond donors (Lipinski definition) is 2. The molecule has 0 spiro atoms. The van der Waals surface area contributed by atoms with Gasteiger partial charge in [0.05, 0.1) is 11.0 Å². The number of rotatable bonds is 9. The predicted molar refractivity (Wildman–Crippen MR) is 141 cm³/mol. The standard InChI is InChI=1S/C30H29N3O4/c1-20-12-14-22(15-13-20)26(34)27-31-24-10-2-3-11-25(24)33(27)18-5-8-21-7-4-9-23(19-21)28(35)32-30(29(36)37)16-6-17-30/h2-4,7,9-15,19H,5-6,8,16-18H2,1H3,(H,32,35)(H,36,37). The van der Waals surface area contributed by atoms with Crippen molar-refractivity contribution >= 4 is 28.7 Å². The van der Waals surface area contributed by atoms with Crippen molar-refractivity contribution in [2.75, 3.05) is 0 Å². The number of aromatic nitrogens is 2. The molecule has 1 aliphatic carbocycles. The maximum atomic E-state index is 13.3. The van der Waals surface area contributed by atoms with Crippen LogP contribution in [0.4, 0.5) is 0 Å². The van der Waals surface area contributed by atoms with Gasteiger partial charge in [-0.1, -0.05) is 54.1 Å². The first kappa shape index (κ1) is 24.4. The summed E-state index contributed by atoms with van der Waals surface area (Å²) < 4.78 is 1.97. The Hall–Kier alpha value is -4.26. The summed E-state index contributed by atoms with van der Waals surface area (Å²) >= 11 is 0. The highest BCUT2D eigenvalue weighted by Gasteiger charge is 2.45. The molecule has 7 nitrogen and oxygen atoms in total. The molecule has 1 fully saturated rings. The van der Waals surface area contributed by atoms with Gasteiger partial charge in [-0.3, -0.25) is 9.59 Å². The van der Waals surface area contributed by atoms with Gasteiger partial charge in [-0.25, -0.2) is 9.78 Å². The van der Waals surface area contributed by atoms with Crippen molar-refractivity contribution in [1.82, 2.24) is 14.9 Å². The van der Waals surface area contributed by atoms with E-state index in [1.54, 1.807) is 6.07 Å². The molecule has 0 unspecified atom stereocenters. The average Bonchev–Trinajstić information content (AvgIpc) is 3.24. The van der Waals surface area contributed by atoms with Crippen LogP contribution in [-0.4, -0.2) is 37.9 Å². The van der Waals surface area contributed by atoms with Crippen LogP contribution in [0.25, 0.3) is 11.0 Å². The summed E-state index contributed by atoms with van der Waals surface area (Å²) in [6.07, 6.45) is 3.13. The molecule has 1 saturated carbocycles. The quantitative estimate of drug-likeness (QED) is 0.320. The third kappa shape index (κ3) is 4.89. The normalized spacial score (nSPS) is 14.2. The van der Waals surface area contributed by atoms with Crippen molar-refractivity contribution in [3.63, 3.8) is 0 Å². The Morgan fingerprint density at radius 1 is 0.973 bits per heavy atom. The number of nitrogens with zero attached hydrogens (tertiary/aromatic N) is 2. The summed E-state index contributed by atoms with van der Waals surface area (Å²) in [5.41, 5.74) is 3.66. The van der Waals surface area contributed by atoms with Crippen molar-refractivity contribution in [3.05, 3.63) is 101 Å². The number of ketones is 1. The number of carboxylic acids is 1. The van der Waals surface area contributed by atoms with Gasteiger partial charge in [0.25, 0.3) is 5.91 Å². The third-order valence-corrected chi connectivity index (χ3v) is 7.18. The average molecular weight is 496 g/mol. The number of nitrogens with one attached hydrogen (secondary N) is 1. The largest absolute Gasteiger partial charge is 0.480 e. The number of carbonyl (C=O) groups excluding carboxylic acids is 2. The van der Waals surface area contributed by atoms with Crippen molar-refractivity contribution in [1.29, 1.82) is 0 Å². The van der Waals surface area contributed by atoms with Crippen LogP contribution < -0.4 is 5.32 Å². The molecule has 188 valence electrons. The molecule has 1 aliphatic rings. The number of hydrogen-bond acceptors (Lipinski definition) is 4. The molecule has 4 aromatic rings. The Kier molecular flexibility index (Phi) is 6.61. The summed E-state index contributed by atoms with van der Waals surface area (Å²) in [6, 6.07) is 22.5.